The van der Waals surface area contributed by atoms with Gasteiger partial charge in [-0.2, -0.15) is 0 Å². The van der Waals surface area contributed by atoms with E-state index in [1.807, 2.05) is 37.3 Å². The predicted octanol–water partition coefficient (Wildman–Crippen LogP) is 0.656. The van der Waals surface area contributed by atoms with Gasteiger partial charge >= 0.3 is 0 Å². The zero-order valence-corrected chi connectivity index (χ0v) is 23.0. The van der Waals surface area contributed by atoms with Crippen molar-refractivity contribution in [1.29, 1.82) is 0 Å². The average Bonchev–Trinajstić information content (AvgIpc) is 3.59. The summed E-state index contributed by atoms with van der Waals surface area (Å²) in [7, 11) is 0. The maximum Gasteiger partial charge on any atom is 0.244 e. The number of aliphatic hydroxyl groups is 1. The highest BCUT2D eigenvalue weighted by atomic mass is 32.2. The Morgan fingerprint density at radius 2 is 1.89 bits per heavy atom. The molecule has 1 aromatic carbocycles. The second kappa shape index (κ2) is 11.9. The summed E-state index contributed by atoms with van der Waals surface area (Å²) in [4.78, 5) is 45.3. The fraction of sp³-hybridized carbons (Fsp3) is 0.679. The maximum absolute atomic E-state index is 14.2. The number of amides is 3. The van der Waals surface area contributed by atoms with Crippen LogP contribution in [0.2, 0.25) is 0 Å². The van der Waals surface area contributed by atoms with Gasteiger partial charge in [0.05, 0.1) is 42.4 Å². The first-order chi connectivity index (χ1) is 18.5. The number of ether oxygens (including phenoxy) is 1. The minimum Gasteiger partial charge on any atom is -0.394 e. The summed E-state index contributed by atoms with van der Waals surface area (Å²) in [6, 6.07) is 8.49. The number of thioether (sulfide) groups is 1. The number of fused-ring (bicyclic) bond motifs is 1. The highest BCUT2D eigenvalue weighted by Gasteiger charge is 2.74. The van der Waals surface area contributed by atoms with Crippen molar-refractivity contribution >= 4 is 29.5 Å². The number of likely N-dealkylation sites (tertiary alicyclic amines) is 1. The predicted molar refractivity (Wildman–Crippen MR) is 146 cm³/mol. The second-order valence-corrected chi connectivity index (χ2v) is 12.5. The van der Waals surface area contributed by atoms with Crippen LogP contribution in [0.1, 0.15) is 31.7 Å². The Morgan fingerprint density at radius 3 is 2.61 bits per heavy atom. The first-order valence-corrected chi connectivity index (χ1v) is 14.9. The lowest BCUT2D eigenvalue weighted by atomic mass is 9.70. The lowest BCUT2D eigenvalue weighted by Gasteiger charge is -2.37. The van der Waals surface area contributed by atoms with Crippen molar-refractivity contribution in [2.75, 3.05) is 52.5 Å². The van der Waals surface area contributed by atoms with Crippen molar-refractivity contribution < 1.29 is 24.2 Å². The number of hydrogen-bond donors (Lipinski definition) is 3. The summed E-state index contributed by atoms with van der Waals surface area (Å²) >= 11 is 1.67. The summed E-state index contributed by atoms with van der Waals surface area (Å²) < 4.78 is 4.77. The SMILES string of the molecule is CCCNC(=O)[C@@H]1[C@H]2C(=O)N([C@@H](CO)Cc3ccccc3)C(C(=O)NCCN3CCOCC3)C23CC[C@H]1S3. The largest absolute Gasteiger partial charge is 0.394 e. The number of morpholine rings is 1. The van der Waals surface area contributed by atoms with Crippen LogP contribution in [0, 0.1) is 11.8 Å². The number of nitrogens with zero attached hydrogens (tertiary/aromatic N) is 2. The minimum atomic E-state index is -0.718. The van der Waals surface area contributed by atoms with Gasteiger partial charge in [0, 0.05) is 38.0 Å². The van der Waals surface area contributed by atoms with Crippen LogP contribution in [0.3, 0.4) is 0 Å². The molecule has 9 nitrogen and oxygen atoms in total. The fourth-order valence-electron chi connectivity index (χ4n) is 6.85. The molecule has 0 radical (unpaired) electrons. The van der Waals surface area contributed by atoms with E-state index in [2.05, 4.69) is 15.5 Å². The first kappa shape index (κ1) is 27.4. The zero-order valence-electron chi connectivity index (χ0n) is 22.1. The molecule has 10 heteroatoms. The number of rotatable bonds is 11. The molecular formula is C28H40N4O5S. The molecule has 4 aliphatic heterocycles. The molecule has 4 heterocycles. The van der Waals surface area contributed by atoms with E-state index in [1.54, 1.807) is 16.7 Å². The van der Waals surface area contributed by atoms with Gasteiger partial charge in [0.15, 0.2) is 0 Å². The van der Waals surface area contributed by atoms with Crippen LogP contribution in [0.15, 0.2) is 30.3 Å². The fourth-order valence-corrected chi connectivity index (χ4v) is 9.05. The normalized spacial score (nSPS) is 31.3. The van der Waals surface area contributed by atoms with Gasteiger partial charge in [-0.25, -0.2) is 0 Å². The van der Waals surface area contributed by atoms with E-state index in [1.165, 1.54) is 0 Å². The third-order valence-corrected chi connectivity index (χ3v) is 10.5. The first-order valence-electron chi connectivity index (χ1n) is 14.0. The standard InChI is InChI=1S/C28H40N4O5S/c1-2-10-29-25(34)22-21-8-9-28(38-21)23(22)27(36)32(20(18-33)17-19-6-4-3-5-7-19)24(28)26(35)30-11-12-31-13-15-37-16-14-31/h3-7,20-24,33H,2,8-18H2,1H3,(H,29,34)(H,30,35)/t20-,21-,22+,23+,24?,28?/m1/s1. The zero-order chi connectivity index (χ0) is 26.7. The molecule has 0 saturated carbocycles. The number of carbonyl (C=O) groups is 3. The lowest BCUT2D eigenvalue weighted by Crippen LogP contribution is -2.57. The van der Waals surface area contributed by atoms with Crippen molar-refractivity contribution in [3.8, 4) is 0 Å². The van der Waals surface area contributed by atoms with Gasteiger partial charge in [0.2, 0.25) is 17.7 Å². The molecule has 3 N–H and O–H groups in total. The van der Waals surface area contributed by atoms with Gasteiger partial charge in [-0.1, -0.05) is 37.3 Å². The maximum atomic E-state index is 14.2. The van der Waals surface area contributed by atoms with Gasteiger partial charge in [0.25, 0.3) is 0 Å². The Hall–Kier alpha value is -2.14. The molecule has 2 unspecified atom stereocenters. The summed E-state index contributed by atoms with van der Waals surface area (Å²) in [5.41, 5.74) is 0.995. The third kappa shape index (κ3) is 5.08. The highest BCUT2D eigenvalue weighted by Crippen LogP contribution is 2.66. The van der Waals surface area contributed by atoms with Crippen molar-refractivity contribution in [3.63, 3.8) is 0 Å². The Balaban J connectivity index is 1.41. The van der Waals surface area contributed by atoms with Gasteiger partial charge in [-0.05, 0) is 31.2 Å². The third-order valence-electron chi connectivity index (χ3n) is 8.59. The second-order valence-electron chi connectivity index (χ2n) is 10.9. The molecule has 208 valence electrons. The van der Waals surface area contributed by atoms with Crippen molar-refractivity contribution in [1.82, 2.24) is 20.4 Å². The van der Waals surface area contributed by atoms with E-state index in [0.717, 1.165) is 44.5 Å². The number of carbonyl (C=O) groups excluding carboxylic acids is 3. The number of nitrogens with one attached hydrogen (secondary N) is 2. The summed E-state index contributed by atoms with van der Waals surface area (Å²) in [6.07, 6.45) is 2.80. The molecule has 1 aromatic rings. The Kier molecular flexibility index (Phi) is 8.62. The van der Waals surface area contributed by atoms with Gasteiger partial charge in [-0.3, -0.25) is 19.3 Å². The topological polar surface area (TPSA) is 111 Å². The molecule has 4 aliphatic rings. The smallest absolute Gasteiger partial charge is 0.244 e. The van der Waals surface area contributed by atoms with E-state index in [0.29, 0.717) is 32.7 Å². The molecular weight excluding hydrogens is 504 g/mol. The monoisotopic (exact) mass is 544 g/mol. The lowest BCUT2D eigenvalue weighted by molar-refractivity contribution is -0.142. The van der Waals surface area contributed by atoms with Gasteiger partial charge in [0.1, 0.15) is 6.04 Å². The van der Waals surface area contributed by atoms with Gasteiger partial charge < -0.3 is 25.4 Å². The van der Waals surface area contributed by atoms with Crippen LogP contribution in [0.5, 0.6) is 0 Å². The molecule has 0 aromatic heterocycles. The van der Waals surface area contributed by atoms with Crippen molar-refractivity contribution in [2.45, 2.75) is 54.7 Å². The molecule has 3 amide bonds. The van der Waals surface area contributed by atoms with Crippen LogP contribution in [0.25, 0.3) is 0 Å². The van der Waals surface area contributed by atoms with E-state index < -0.39 is 28.7 Å². The molecule has 38 heavy (non-hydrogen) atoms. The van der Waals surface area contributed by atoms with Crippen LogP contribution in [-0.4, -0.2) is 107 Å². The molecule has 2 bridgehead atoms. The Morgan fingerprint density at radius 1 is 1.16 bits per heavy atom. The van der Waals surface area contributed by atoms with Crippen molar-refractivity contribution in [2.24, 2.45) is 11.8 Å². The Labute approximate surface area is 229 Å². The number of hydrogen-bond acceptors (Lipinski definition) is 7. The minimum absolute atomic E-state index is 0.0355. The van der Waals surface area contributed by atoms with Gasteiger partial charge in [-0.15, -0.1) is 11.8 Å². The van der Waals surface area contributed by atoms with E-state index >= 15 is 0 Å². The summed E-state index contributed by atoms with van der Waals surface area (Å²) in [5, 5.41) is 16.7. The van der Waals surface area contributed by atoms with E-state index in [-0.39, 0.29) is 29.6 Å². The van der Waals surface area contributed by atoms with Crippen LogP contribution < -0.4 is 10.6 Å². The molecule has 4 fully saturated rings. The molecule has 6 atom stereocenters. The molecule has 1 spiro atoms. The van der Waals surface area contributed by atoms with E-state index in [4.69, 9.17) is 4.74 Å². The summed E-state index contributed by atoms with van der Waals surface area (Å²) in [6.45, 7) is 6.60. The van der Waals surface area contributed by atoms with Crippen LogP contribution in [-0.2, 0) is 25.5 Å². The van der Waals surface area contributed by atoms with E-state index in [9.17, 15) is 19.5 Å². The molecule has 4 saturated heterocycles. The van der Waals surface area contributed by atoms with Crippen LogP contribution >= 0.6 is 11.8 Å². The molecule has 5 rings (SSSR count). The number of aliphatic hydroxyl groups excluding tert-OH is 1. The highest BCUT2D eigenvalue weighted by molar-refractivity contribution is 8.02. The molecule has 0 aliphatic carbocycles. The number of benzene rings is 1. The quantitative estimate of drug-likeness (QED) is 0.375. The van der Waals surface area contributed by atoms with Crippen molar-refractivity contribution in [3.05, 3.63) is 35.9 Å². The Bertz CT molecular complexity index is 1010. The average molecular weight is 545 g/mol. The van der Waals surface area contributed by atoms with Crippen LogP contribution in [0.4, 0.5) is 0 Å². The summed E-state index contributed by atoms with van der Waals surface area (Å²) in [5.74, 6) is -1.43.